The fraction of sp³-hybridized carbons (Fsp3) is 0.571. The van der Waals surface area contributed by atoms with Crippen LogP contribution in [0.2, 0.25) is 0 Å². The molecule has 1 aromatic rings. The summed E-state index contributed by atoms with van der Waals surface area (Å²) in [6.07, 6.45) is 2.07. The van der Waals surface area contributed by atoms with E-state index >= 15 is 0 Å². The largest absolute Gasteiger partial charge is 0.330 e. The summed E-state index contributed by atoms with van der Waals surface area (Å²) in [6, 6.07) is 6.47. The van der Waals surface area contributed by atoms with Crippen molar-refractivity contribution in [3.8, 4) is 0 Å². The van der Waals surface area contributed by atoms with Gasteiger partial charge >= 0.3 is 0 Å². The van der Waals surface area contributed by atoms with E-state index in [0.717, 1.165) is 12.0 Å². The zero-order valence-electron chi connectivity index (χ0n) is 11.3. The van der Waals surface area contributed by atoms with Crippen LogP contribution in [0.3, 0.4) is 0 Å². The van der Waals surface area contributed by atoms with E-state index in [-0.39, 0.29) is 23.2 Å². The molecule has 0 saturated heterocycles. The maximum absolute atomic E-state index is 13.1. The number of hydrogen-bond donors (Lipinski definition) is 1. The summed E-state index contributed by atoms with van der Waals surface area (Å²) < 4.78 is 35.8. The van der Waals surface area contributed by atoms with Crippen molar-refractivity contribution >= 4 is 9.84 Å². The second-order valence-corrected chi connectivity index (χ2v) is 7.29. The van der Waals surface area contributed by atoms with E-state index in [1.165, 1.54) is 12.1 Å². The van der Waals surface area contributed by atoms with Gasteiger partial charge in [-0.25, -0.2) is 12.8 Å². The molecule has 0 spiro atoms. The lowest BCUT2D eigenvalue weighted by molar-refractivity contribution is 0.484. The molecule has 19 heavy (non-hydrogen) atoms. The molecule has 0 bridgehead atoms. The predicted octanol–water partition coefficient (Wildman–Crippen LogP) is 2.16. The minimum absolute atomic E-state index is 0.185. The zero-order valence-corrected chi connectivity index (χ0v) is 12.1. The van der Waals surface area contributed by atoms with E-state index in [4.69, 9.17) is 5.73 Å². The Balaban J connectivity index is 2.46. The van der Waals surface area contributed by atoms with E-state index in [2.05, 4.69) is 0 Å². The molecule has 0 fully saturated rings. The molecule has 0 heterocycles. The van der Waals surface area contributed by atoms with Gasteiger partial charge in [-0.1, -0.05) is 19.1 Å². The van der Waals surface area contributed by atoms with Gasteiger partial charge in [-0.15, -0.1) is 0 Å². The lowest BCUT2D eigenvalue weighted by atomic mass is 9.95. The Hall–Kier alpha value is -0.940. The van der Waals surface area contributed by atoms with Crippen LogP contribution in [0, 0.1) is 11.7 Å². The van der Waals surface area contributed by atoms with Crippen LogP contribution in [0.5, 0.6) is 0 Å². The highest BCUT2D eigenvalue weighted by atomic mass is 32.2. The van der Waals surface area contributed by atoms with Crippen LogP contribution in [0.4, 0.5) is 4.39 Å². The standard InChI is InChI=1S/C14H22FNO2S/c1-2-19(17,18)8-4-6-13(11-16)9-12-5-3-7-14(15)10-12/h3,5,7,10,13H,2,4,6,8-9,11,16H2,1H3. The number of halogens is 1. The lowest BCUT2D eigenvalue weighted by Crippen LogP contribution is -2.18. The van der Waals surface area contributed by atoms with E-state index in [1.807, 2.05) is 6.07 Å². The molecule has 0 aromatic heterocycles. The highest BCUT2D eigenvalue weighted by Gasteiger charge is 2.12. The number of hydrogen-bond acceptors (Lipinski definition) is 3. The van der Waals surface area contributed by atoms with Crippen molar-refractivity contribution in [2.24, 2.45) is 11.7 Å². The first-order valence-corrected chi connectivity index (χ1v) is 8.44. The third-order valence-electron chi connectivity index (χ3n) is 3.25. The van der Waals surface area contributed by atoms with Crippen LogP contribution in [0.15, 0.2) is 24.3 Å². The molecule has 3 nitrogen and oxygen atoms in total. The van der Waals surface area contributed by atoms with E-state index in [9.17, 15) is 12.8 Å². The summed E-state index contributed by atoms with van der Waals surface area (Å²) in [6.45, 7) is 2.14. The summed E-state index contributed by atoms with van der Waals surface area (Å²) in [7, 11) is -2.90. The van der Waals surface area contributed by atoms with Crippen LogP contribution >= 0.6 is 0 Å². The monoisotopic (exact) mass is 287 g/mol. The third kappa shape index (κ3) is 6.16. The maximum atomic E-state index is 13.1. The van der Waals surface area contributed by atoms with Gasteiger partial charge in [0.1, 0.15) is 15.7 Å². The van der Waals surface area contributed by atoms with Crippen LogP contribution < -0.4 is 5.73 Å². The molecule has 1 aromatic carbocycles. The summed E-state index contributed by atoms with van der Waals surface area (Å²) in [5.74, 6) is 0.351. The van der Waals surface area contributed by atoms with Crippen molar-refractivity contribution in [2.45, 2.75) is 26.2 Å². The van der Waals surface area contributed by atoms with Gasteiger partial charge in [-0.05, 0) is 49.4 Å². The normalized spacial score (nSPS) is 13.4. The molecule has 0 radical (unpaired) electrons. The van der Waals surface area contributed by atoms with Crippen LogP contribution in [-0.4, -0.2) is 26.5 Å². The topological polar surface area (TPSA) is 60.2 Å². The van der Waals surface area contributed by atoms with E-state index < -0.39 is 9.84 Å². The second-order valence-electron chi connectivity index (χ2n) is 4.81. The van der Waals surface area contributed by atoms with Gasteiger partial charge in [0.05, 0.1) is 5.75 Å². The molecular weight excluding hydrogens is 265 g/mol. The molecule has 1 atom stereocenters. The molecule has 5 heteroatoms. The summed E-state index contributed by atoms with van der Waals surface area (Å²) in [4.78, 5) is 0. The Bertz CT molecular complexity index is 488. The van der Waals surface area contributed by atoms with Crippen molar-refractivity contribution in [2.75, 3.05) is 18.1 Å². The van der Waals surface area contributed by atoms with Crippen molar-refractivity contribution < 1.29 is 12.8 Å². The Morgan fingerprint density at radius 2 is 2.11 bits per heavy atom. The quantitative estimate of drug-likeness (QED) is 0.797. The first-order chi connectivity index (χ1) is 8.96. The lowest BCUT2D eigenvalue weighted by Gasteiger charge is -2.14. The summed E-state index contributed by atoms with van der Waals surface area (Å²) in [5.41, 5.74) is 6.61. The Morgan fingerprint density at radius 1 is 1.37 bits per heavy atom. The van der Waals surface area contributed by atoms with Crippen molar-refractivity contribution in [1.82, 2.24) is 0 Å². The number of benzene rings is 1. The highest BCUT2D eigenvalue weighted by molar-refractivity contribution is 7.91. The zero-order chi connectivity index (χ0) is 14.3. The van der Waals surface area contributed by atoms with Gasteiger partial charge in [0.2, 0.25) is 0 Å². The molecule has 2 N–H and O–H groups in total. The van der Waals surface area contributed by atoms with Gasteiger partial charge in [-0.3, -0.25) is 0 Å². The van der Waals surface area contributed by atoms with Gasteiger partial charge in [-0.2, -0.15) is 0 Å². The summed E-state index contributed by atoms with van der Waals surface area (Å²) in [5, 5.41) is 0. The molecule has 0 saturated carbocycles. The second kappa shape index (κ2) is 7.60. The van der Waals surface area contributed by atoms with Gasteiger partial charge < -0.3 is 5.73 Å². The van der Waals surface area contributed by atoms with E-state index in [0.29, 0.717) is 19.4 Å². The first-order valence-electron chi connectivity index (χ1n) is 6.61. The molecular formula is C14H22FNO2S. The average Bonchev–Trinajstić information content (AvgIpc) is 2.37. The fourth-order valence-corrected chi connectivity index (χ4v) is 2.93. The highest BCUT2D eigenvalue weighted by Crippen LogP contribution is 2.15. The van der Waals surface area contributed by atoms with Gasteiger partial charge in [0.15, 0.2) is 0 Å². The van der Waals surface area contributed by atoms with Crippen LogP contribution in [0.1, 0.15) is 25.3 Å². The third-order valence-corrected chi connectivity index (χ3v) is 5.04. The van der Waals surface area contributed by atoms with Crippen molar-refractivity contribution in [3.05, 3.63) is 35.6 Å². The van der Waals surface area contributed by atoms with Crippen LogP contribution in [-0.2, 0) is 16.3 Å². The maximum Gasteiger partial charge on any atom is 0.150 e. The minimum atomic E-state index is -2.90. The van der Waals surface area contributed by atoms with E-state index in [1.54, 1.807) is 13.0 Å². The van der Waals surface area contributed by atoms with Gasteiger partial charge in [0, 0.05) is 5.75 Å². The molecule has 0 aliphatic rings. The predicted molar refractivity (Wildman–Crippen MR) is 76.2 cm³/mol. The molecule has 0 aliphatic heterocycles. The molecule has 0 amide bonds. The molecule has 1 unspecified atom stereocenters. The SMILES string of the molecule is CCS(=O)(=O)CCCC(CN)Cc1cccc(F)c1. The van der Waals surface area contributed by atoms with Crippen molar-refractivity contribution in [1.29, 1.82) is 0 Å². The average molecular weight is 287 g/mol. The fourth-order valence-electron chi connectivity index (χ4n) is 2.04. The molecule has 0 aliphatic carbocycles. The molecule has 1 rings (SSSR count). The number of nitrogens with two attached hydrogens (primary N) is 1. The first kappa shape index (κ1) is 16.1. The number of rotatable bonds is 8. The van der Waals surface area contributed by atoms with Crippen molar-refractivity contribution in [3.63, 3.8) is 0 Å². The Kier molecular flexibility index (Phi) is 6.45. The molecule has 108 valence electrons. The minimum Gasteiger partial charge on any atom is -0.330 e. The summed E-state index contributed by atoms with van der Waals surface area (Å²) >= 11 is 0. The van der Waals surface area contributed by atoms with Gasteiger partial charge in [0.25, 0.3) is 0 Å². The number of sulfone groups is 1. The van der Waals surface area contributed by atoms with Crippen LogP contribution in [0.25, 0.3) is 0 Å². The Labute approximate surface area is 114 Å². The Morgan fingerprint density at radius 3 is 2.68 bits per heavy atom. The smallest absolute Gasteiger partial charge is 0.150 e.